The molecule has 108 valence electrons. The van der Waals surface area contributed by atoms with Gasteiger partial charge in [-0.2, -0.15) is 0 Å². The minimum Gasteiger partial charge on any atom is -0.493 e. The minimum atomic E-state index is 0.216. The maximum Gasteiger partial charge on any atom is 0.124 e. The highest BCUT2D eigenvalue weighted by Crippen LogP contribution is 2.34. The van der Waals surface area contributed by atoms with Crippen LogP contribution in [0.5, 0.6) is 5.75 Å². The van der Waals surface area contributed by atoms with Gasteiger partial charge in [0.15, 0.2) is 0 Å². The molecule has 0 aliphatic carbocycles. The molecule has 1 unspecified atom stereocenters. The van der Waals surface area contributed by atoms with Crippen LogP contribution in [0.2, 0.25) is 0 Å². The Labute approximate surface area is 125 Å². The van der Waals surface area contributed by atoms with Gasteiger partial charge < -0.3 is 10.1 Å². The van der Waals surface area contributed by atoms with Crippen molar-refractivity contribution in [2.24, 2.45) is 0 Å². The van der Waals surface area contributed by atoms with Gasteiger partial charge in [-0.1, -0.05) is 32.0 Å². The summed E-state index contributed by atoms with van der Waals surface area (Å²) < 4.78 is 5.92. The third-order valence-electron chi connectivity index (χ3n) is 3.26. The number of hydrogen-bond donors (Lipinski definition) is 1. The Morgan fingerprint density at radius 2 is 2.00 bits per heavy atom. The van der Waals surface area contributed by atoms with Gasteiger partial charge in [0.05, 0.1) is 12.6 Å². The highest BCUT2D eigenvalue weighted by molar-refractivity contribution is 7.10. The summed E-state index contributed by atoms with van der Waals surface area (Å²) in [6.45, 7) is 8.15. The molecule has 2 rings (SSSR count). The fourth-order valence-electron chi connectivity index (χ4n) is 2.29. The number of rotatable bonds is 7. The molecular formula is C17H23NOS. The molecule has 0 aliphatic rings. The first-order valence-electron chi connectivity index (χ1n) is 7.27. The third kappa shape index (κ3) is 3.41. The van der Waals surface area contributed by atoms with Gasteiger partial charge in [-0.15, -0.1) is 11.3 Å². The summed E-state index contributed by atoms with van der Waals surface area (Å²) in [4.78, 5) is 1.37. The van der Waals surface area contributed by atoms with Gasteiger partial charge in [0.1, 0.15) is 5.75 Å². The van der Waals surface area contributed by atoms with E-state index in [-0.39, 0.29) is 6.04 Å². The summed E-state index contributed by atoms with van der Waals surface area (Å²) in [6.07, 6.45) is 1.03. The van der Waals surface area contributed by atoms with E-state index >= 15 is 0 Å². The van der Waals surface area contributed by atoms with Crippen LogP contribution in [0.4, 0.5) is 0 Å². The number of thiophene rings is 1. The summed E-state index contributed by atoms with van der Waals surface area (Å²) >= 11 is 1.81. The van der Waals surface area contributed by atoms with Crippen LogP contribution >= 0.6 is 11.3 Å². The Morgan fingerprint density at radius 1 is 1.20 bits per heavy atom. The maximum atomic E-state index is 5.92. The number of para-hydroxylation sites is 1. The van der Waals surface area contributed by atoms with Crippen molar-refractivity contribution in [2.75, 3.05) is 13.2 Å². The molecule has 2 nitrogen and oxygen atoms in total. The van der Waals surface area contributed by atoms with Gasteiger partial charge in [0.2, 0.25) is 0 Å². The fourth-order valence-corrected chi connectivity index (χ4v) is 3.31. The van der Waals surface area contributed by atoms with Crippen molar-refractivity contribution >= 4 is 11.3 Å². The molecule has 0 saturated carbocycles. The number of hydrogen-bond acceptors (Lipinski definition) is 3. The Bertz CT molecular complexity index is 535. The van der Waals surface area contributed by atoms with E-state index in [1.807, 2.05) is 6.07 Å². The van der Waals surface area contributed by atoms with Crippen molar-refractivity contribution in [1.82, 2.24) is 5.32 Å². The van der Waals surface area contributed by atoms with E-state index in [2.05, 4.69) is 55.7 Å². The predicted molar refractivity (Wildman–Crippen MR) is 86.8 cm³/mol. The lowest BCUT2D eigenvalue weighted by Gasteiger charge is -2.21. The van der Waals surface area contributed by atoms with E-state index in [0.717, 1.165) is 25.3 Å². The van der Waals surface area contributed by atoms with E-state index in [1.165, 1.54) is 16.0 Å². The lowest BCUT2D eigenvalue weighted by atomic mass is 10.0. The average molecular weight is 289 g/mol. The fraction of sp³-hybridized carbons (Fsp3) is 0.412. The Morgan fingerprint density at radius 3 is 2.65 bits per heavy atom. The van der Waals surface area contributed by atoms with Crippen molar-refractivity contribution in [1.29, 1.82) is 0 Å². The molecule has 0 bridgehead atoms. The second-order valence-electron chi connectivity index (χ2n) is 4.84. The summed E-state index contributed by atoms with van der Waals surface area (Å²) in [5.41, 5.74) is 2.57. The standard InChI is InChI=1S/C17H23NOS/c1-4-11-19-15-9-7-6-8-14(15)16(18-5-2)17-13(3)10-12-20-17/h6-10,12,16,18H,4-5,11H2,1-3H3. The van der Waals surface area contributed by atoms with Crippen LogP contribution in [0.25, 0.3) is 0 Å². The molecule has 0 saturated heterocycles. The van der Waals surface area contributed by atoms with Crippen LogP contribution in [0, 0.1) is 6.92 Å². The molecule has 0 spiro atoms. The monoisotopic (exact) mass is 289 g/mol. The molecule has 0 fully saturated rings. The second-order valence-corrected chi connectivity index (χ2v) is 5.79. The second kappa shape index (κ2) is 7.46. The van der Waals surface area contributed by atoms with Crippen molar-refractivity contribution in [3.05, 3.63) is 51.7 Å². The smallest absolute Gasteiger partial charge is 0.124 e. The number of benzene rings is 1. The zero-order chi connectivity index (χ0) is 14.4. The Hall–Kier alpha value is -1.32. The molecular weight excluding hydrogens is 266 g/mol. The Kier molecular flexibility index (Phi) is 5.62. The van der Waals surface area contributed by atoms with Gasteiger partial charge in [0.25, 0.3) is 0 Å². The van der Waals surface area contributed by atoms with Gasteiger partial charge in [-0.25, -0.2) is 0 Å². The molecule has 1 aromatic heterocycles. The van der Waals surface area contributed by atoms with E-state index in [4.69, 9.17) is 4.74 Å². The summed E-state index contributed by atoms with van der Waals surface area (Å²) in [5.74, 6) is 0.994. The first-order valence-corrected chi connectivity index (χ1v) is 8.15. The van der Waals surface area contributed by atoms with Crippen LogP contribution in [0.15, 0.2) is 35.7 Å². The number of aryl methyl sites for hydroxylation is 1. The van der Waals surface area contributed by atoms with Crippen molar-refractivity contribution in [3.63, 3.8) is 0 Å². The van der Waals surface area contributed by atoms with E-state index < -0.39 is 0 Å². The molecule has 1 atom stereocenters. The van der Waals surface area contributed by atoms with Crippen LogP contribution in [-0.4, -0.2) is 13.2 Å². The van der Waals surface area contributed by atoms with Crippen LogP contribution in [0.1, 0.15) is 42.3 Å². The molecule has 2 aromatic rings. The van der Waals surface area contributed by atoms with Crippen LogP contribution in [-0.2, 0) is 0 Å². The maximum absolute atomic E-state index is 5.92. The van der Waals surface area contributed by atoms with E-state index in [0.29, 0.717) is 0 Å². The van der Waals surface area contributed by atoms with Crippen LogP contribution < -0.4 is 10.1 Å². The first kappa shape index (κ1) is 15.1. The number of ether oxygens (including phenoxy) is 1. The molecule has 1 heterocycles. The molecule has 0 amide bonds. The zero-order valence-electron chi connectivity index (χ0n) is 12.5. The predicted octanol–water partition coefficient (Wildman–Crippen LogP) is 4.54. The summed E-state index contributed by atoms with van der Waals surface area (Å²) in [6, 6.07) is 10.8. The summed E-state index contributed by atoms with van der Waals surface area (Å²) in [5, 5.41) is 5.75. The average Bonchev–Trinajstić information content (AvgIpc) is 2.89. The Balaban J connectivity index is 2.36. The normalized spacial score (nSPS) is 12.3. The molecule has 0 aliphatic heterocycles. The first-order chi connectivity index (χ1) is 9.77. The highest BCUT2D eigenvalue weighted by Gasteiger charge is 2.19. The molecule has 1 aromatic carbocycles. The minimum absolute atomic E-state index is 0.216. The van der Waals surface area contributed by atoms with Crippen molar-refractivity contribution < 1.29 is 4.74 Å². The van der Waals surface area contributed by atoms with E-state index in [1.54, 1.807) is 11.3 Å². The molecule has 20 heavy (non-hydrogen) atoms. The molecule has 0 radical (unpaired) electrons. The quantitative estimate of drug-likeness (QED) is 0.807. The van der Waals surface area contributed by atoms with Gasteiger partial charge >= 0.3 is 0 Å². The number of nitrogens with one attached hydrogen (secondary N) is 1. The SMILES string of the molecule is CCCOc1ccccc1C(NCC)c1sccc1C. The largest absolute Gasteiger partial charge is 0.493 e. The lowest BCUT2D eigenvalue weighted by molar-refractivity contribution is 0.312. The molecule has 1 N–H and O–H groups in total. The zero-order valence-corrected chi connectivity index (χ0v) is 13.3. The molecule has 3 heteroatoms. The summed E-state index contributed by atoms with van der Waals surface area (Å²) in [7, 11) is 0. The van der Waals surface area contributed by atoms with E-state index in [9.17, 15) is 0 Å². The van der Waals surface area contributed by atoms with Crippen molar-refractivity contribution in [2.45, 2.75) is 33.2 Å². The lowest BCUT2D eigenvalue weighted by Crippen LogP contribution is -2.22. The third-order valence-corrected chi connectivity index (χ3v) is 4.35. The van der Waals surface area contributed by atoms with Crippen LogP contribution in [0.3, 0.4) is 0 Å². The van der Waals surface area contributed by atoms with Gasteiger partial charge in [-0.3, -0.25) is 0 Å². The van der Waals surface area contributed by atoms with Crippen molar-refractivity contribution in [3.8, 4) is 5.75 Å². The van der Waals surface area contributed by atoms with Gasteiger partial charge in [-0.05, 0) is 43.0 Å². The topological polar surface area (TPSA) is 21.3 Å². The van der Waals surface area contributed by atoms with Gasteiger partial charge in [0, 0.05) is 10.4 Å². The highest BCUT2D eigenvalue weighted by atomic mass is 32.1.